The van der Waals surface area contributed by atoms with Crippen LogP contribution in [0.4, 0.5) is 0 Å². The van der Waals surface area contributed by atoms with E-state index >= 15 is 0 Å². The Hall–Kier alpha value is -0.860. The fourth-order valence-electron chi connectivity index (χ4n) is 3.40. The molecule has 0 saturated heterocycles. The summed E-state index contributed by atoms with van der Waals surface area (Å²) in [6, 6.07) is 0. The summed E-state index contributed by atoms with van der Waals surface area (Å²) in [5.74, 6) is -0.0791. The van der Waals surface area contributed by atoms with E-state index in [2.05, 4.69) is 0 Å². The predicted molar refractivity (Wildman–Crippen MR) is 52.4 cm³/mol. The highest BCUT2D eigenvalue weighted by molar-refractivity contribution is 5.99. The summed E-state index contributed by atoms with van der Waals surface area (Å²) >= 11 is 0. The normalized spacial score (nSPS) is 44.4. The molecular weight excluding hydrogens is 178 g/mol. The molecule has 0 aliphatic heterocycles. The Balaban J connectivity index is 2.60. The molecule has 1 amide bonds. The highest BCUT2D eigenvalue weighted by Gasteiger charge is 2.71. The van der Waals surface area contributed by atoms with Crippen LogP contribution in [0.15, 0.2) is 0 Å². The zero-order valence-electron chi connectivity index (χ0n) is 9.02. The van der Waals surface area contributed by atoms with E-state index in [0.717, 1.165) is 12.8 Å². The molecule has 0 unspecified atom stereocenters. The van der Waals surface area contributed by atoms with E-state index in [-0.39, 0.29) is 22.5 Å². The van der Waals surface area contributed by atoms with Gasteiger partial charge in [0.15, 0.2) is 0 Å². The summed E-state index contributed by atoms with van der Waals surface area (Å²) in [5, 5.41) is 0. The van der Waals surface area contributed by atoms with Crippen LogP contribution in [0.3, 0.4) is 0 Å². The quantitative estimate of drug-likeness (QED) is 0.684. The number of Topliss-reactive ketones (excluding diaryl/α,β-unsaturated/α-hetero) is 1. The van der Waals surface area contributed by atoms with Gasteiger partial charge in [-0.05, 0) is 18.3 Å². The number of carbonyl (C=O) groups excluding carboxylic acids is 2. The molecule has 0 aromatic carbocycles. The lowest BCUT2D eigenvalue weighted by Gasteiger charge is -2.37. The van der Waals surface area contributed by atoms with Crippen LogP contribution in [-0.4, -0.2) is 11.7 Å². The van der Waals surface area contributed by atoms with Crippen LogP contribution < -0.4 is 5.73 Å². The van der Waals surface area contributed by atoms with Crippen molar-refractivity contribution >= 4 is 11.7 Å². The van der Waals surface area contributed by atoms with Gasteiger partial charge in [-0.3, -0.25) is 9.59 Å². The lowest BCUT2D eigenvalue weighted by atomic mass is 9.65. The van der Waals surface area contributed by atoms with Crippen molar-refractivity contribution in [1.29, 1.82) is 0 Å². The second-order valence-corrected chi connectivity index (χ2v) is 5.50. The minimum absolute atomic E-state index is 0.215. The monoisotopic (exact) mass is 195 g/mol. The molecule has 2 bridgehead atoms. The van der Waals surface area contributed by atoms with Crippen LogP contribution in [-0.2, 0) is 9.59 Å². The number of hydrogen-bond donors (Lipinski definition) is 1. The number of ketones is 1. The molecule has 0 heterocycles. The van der Waals surface area contributed by atoms with Crippen molar-refractivity contribution < 1.29 is 9.59 Å². The van der Waals surface area contributed by atoms with E-state index < -0.39 is 5.41 Å². The number of fused-ring (bicyclic) bond motifs is 2. The van der Waals surface area contributed by atoms with Crippen LogP contribution in [0, 0.1) is 16.2 Å². The van der Waals surface area contributed by atoms with Crippen molar-refractivity contribution in [1.82, 2.24) is 0 Å². The van der Waals surface area contributed by atoms with Gasteiger partial charge in [-0.15, -0.1) is 0 Å². The lowest BCUT2D eigenvalue weighted by Crippen LogP contribution is -2.44. The van der Waals surface area contributed by atoms with Crippen molar-refractivity contribution in [3.63, 3.8) is 0 Å². The molecule has 0 aromatic heterocycles. The van der Waals surface area contributed by atoms with E-state index in [0.29, 0.717) is 6.42 Å². The third-order valence-corrected chi connectivity index (χ3v) is 5.18. The number of primary amides is 1. The van der Waals surface area contributed by atoms with Crippen LogP contribution >= 0.6 is 0 Å². The second-order valence-electron chi connectivity index (χ2n) is 5.50. The third kappa shape index (κ3) is 0.677. The smallest absolute Gasteiger partial charge is 0.224 e. The van der Waals surface area contributed by atoms with Gasteiger partial charge in [-0.2, -0.15) is 0 Å². The van der Waals surface area contributed by atoms with Gasteiger partial charge in [-0.1, -0.05) is 20.8 Å². The van der Waals surface area contributed by atoms with Gasteiger partial charge in [0, 0.05) is 11.8 Å². The highest BCUT2D eigenvalue weighted by atomic mass is 16.2. The van der Waals surface area contributed by atoms with Gasteiger partial charge in [-0.25, -0.2) is 0 Å². The van der Waals surface area contributed by atoms with Crippen molar-refractivity contribution in [2.45, 2.75) is 40.0 Å². The van der Waals surface area contributed by atoms with Crippen molar-refractivity contribution in [2.24, 2.45) is 22.0 Å². The van der Waals surface area contributed by atoms with Gasteiger partial charge < -0.3 is 5.73 Å². The van der Waals surface area contributed by atoms with Crippen molar-refractivity contribution in [3.05, 3.63) is 0 Å². The summed E-state index contributed by atoms with van der Waals surface area (Å²) in [6.07, 6.45) is 1.94. The number of hydrogen-bond acceptors (Lipinski definition) is 2. The molecule has 2 aliphatic carbocycles. The first-order valence-corrected chi connectivity index (χ1v) is 5.11. The van der Waals surface area contributed by atoms with Crippen LogP contribution in [0.1, 0.15) is 40.0 Å². The van der Waals surface area contributed by atoms with E-state index in [1.165, 1.54) is 0 Å². The molecule has 2 aliphatic rings. The van der Waals surface area contributed by atoms with Gasteiger partial charge in [0.05, 0.1) is 5.41 Å². The van der Waals surface area contributed by atoms with Crippen LogP contribution in [0.2, 0.25) is 0 Å². The van der Waals surface area contributed by atoms with E-state index in [1.54, 1.807) is 0 Å². The maximum Gasteiger partial charge on any atom is 0.224 e. The Morgan fingerprint density at radius 1 is 1.29 bits per heavy atom. The minimum Gasteiger partial charge on any atom is -0.369 e. The average Bonchev–Trinajstić information content (AvgIpc) is 2.34. The Kier molecular flexibility index (Phi) is 1.53. The molecule has 0 aromatic rings. The maximum atomic E-state index is 11.9. The summed E-state index contributed by atoms with van der Waals surface area (Å²) in [6.45, 7) is 6.00. The topological polar surface area (TPSA) is 60.2 Å². The fourth-order valence-corrected chi connectivity index (χ4v) is 3.40. The Labute approximate surface area is 84.0 Å². The van der Waals surface area contributed by atoms with Crippen molar-refractivity contribution in [3.8, 4) is 0 Å². The summed E-state index contributed by atoms with van der Waals surface area (Å²) in [4.78, 5) is 23.4. The fraction of sp³-hybridized carbons (Fsp3) is 0.818. The molecule has 0 spiro atoms. The minimum atomic E-state index is -0.571. The highest BCUT2D eigenvalue weighted by Crippen LogP contribution is 2.70. The SMILES string of the molecule is CC1(C)[C@]2(C(N)=O)CC[C@@]1(C)C(=O)C2. The van der Waals surface area contributed by atoms with Gasteiger partial charge in [0.2, 0.25) is 5.91 Å². The number of carbonyl (C=O) groups is 2. The van der Waals surface area contributed by atoms with Crippen LogP contribution in [0.25, 0.3) is 0 Å². The first-order chi connectivity index (χ1) is 6.28. The first kappa shape index (κ1) is 9.69. The lowest BCUT2D eigenvalue weighted by molar-refractivity contribution is -0.133. The van der Waals surface area contributed by atoms with Gasteiger partial charge >= 0.3 is 0 Å². The standard InChI is InChI=1S/C11H17NO2/c1-9(2)10(3)4-5-11(9,8(12)14)6-7(10)13/h4-6H2,1-3H3,(H2,12,14)/t10-,11+/m0/s1. The molecule has 2 atom stereocenters. The summed E-state index contributed by atoms with van der Waals surface area (Å²) in [5.41, 5.74) is 4.30. The molecule has 0 radical (unpaired) electrons. The molecule has 2 N–H and O–H groups in total. The molecule has 3 nitrogen and oxygen atoms in total. The predicted octanol–water partition coefficient (Wildman–Crippen LogP) is 1.26. The first-order valence-electron chi connectivity index (χ1n) is 5.11. The Morgan fingerprint density at radius 2 is 1.86 bits per heavy atom. The molecule has 2 fully saturated rings. The largest absolute Gasteiger partial charge is 0.369 e. The summed E-state index contributed by atoms with van der Waals surface area (Å²) < 4.78 is 0. The molecule has 2 rings (SSSR count). The molecule has 3 heteroatoms. The van der Waals surface area contributed by atoms with E-state index in [4.69, 9.17) is 5.73 Å². The molecular formula is C11H17NO2. The average molecular weight is 195 g/mol. The van der Waals surface area contributed by atoms with Gasteiger partial charge in [0.1, 0.15) is 5.78 Å². The van der Waals surface area contributed by atoms with E-state index in [1.807, 2.05) is 20.8 Å². The molecule has 2 saturated carbocycles. The molecule has 78 valence electrons. The number of nitrogens with two attached hydrogens (primary N) is 1. The summed E-state index contributed by atoms with van der Waals surface area (Å²) in [7, 11) is 0. The Morgan fingerprint density at radius 3 is 2.07 bits per heavy atom. The third-order valence-electron chi connectivity index (χ3n) is 5.18. The van der Waals surface area contributed by atoms with Crippen LogP contribution in [0.5, 0.6) is 0 Å². The van der Waals surface area contributed by atoms with Gasteiger partial charge in [0.25, 0.3) is 0 Å². The zero-order chi connectivity index (χ0) is 10.8. The maximum absolute atomic E-state index is 11.9. The Bertz CT molecular complexity index is 334. The van der Waals surface area contributed by atoms with E-state index in [9.17, 15) is 9.59 Å². The number of rotatable bonds is 1. The zero-order valence-corrected chi connectivity index (χ0v) is 9.02. The molecule has 14 heavy (non-hydrogen) atoms. The second kappa shape index (κ2) is 2.20. The number of amides is 1. The van der Waals surface area contributed by atoms with Crippen molar-refractivity contribution in [2.75, 3.05) is 0 Å².